The Bertz CT molecular complexity index is 1010. The van der Waals surface area contributed by atoms with Crippen molar-refractivity contribution in [1.29, 1.82) is 0 Å². The SMILES string of the molecule is COC(=O)CCC1N=C(c2ccccn2)c2cc(Br)ccc2-n2ccnc21. The average molecular weight is 425 g/mol. The van der Waals surface area contributed by atoms with Crippen LogP contribution in [-0.2, 0) is 9.53 Å². The Morgan fingerprint density at radius 3 is 2.89 bits per heavy atom. The molecule has 1 atom stereocenters. The second-order valence-corrected chi connectivity index (χ2v) is 7.06. The smallest absolute Gasteiger partial charge is 0.305 e. The van der Waals surface area contributed by atoms with Crippen LogP contribution in [0.5, 0.6) is 0 Å². The highest BCUT2D eigenvalue weighted by molar-refractivity contribution is 9.10. The lowest BCUT2D eigenvalue weighted by Crippen LogP contribution is -2.09. The van der Waals surface area contributed by atoms with E-state index in [-0.39, 0.29) is 18.4 Å². The number of halogens is 1. The molecular formula is C20H17BrN4O2. The highest BCUT2D eigenvalue weighted by Crippen LogP contribution is 2.33. The number of hydrogen-bond donors (Lipinski definition) is 0. The molecule has 4 rings (SSSR count). The highest BCUT2D eigenvalue weighted by Gasteiger charge is 2.26. The second kappa shape index (κ2) is 7.44. The van der Waals surface area contributed by atoms with Crippen molar-refractivity contribution < 1.29 is 9.53 Å². The topological polar surface area (TPSA) is 69.4 Å². The Kier molecular flexibility index (Phi) is 4.85. The van der Waals surface area contributed by atoms with Gasteiger partial charge in [-0.3, -0.25) is 14.8 Å². The van der Waals surface area contributed by atoms with Crippen molar-refractivity contribution >= 4 is 27.6 Å². The van der Waals surface area contributed by atoms with Crippen LogP contribution < -0.4 is 0 Å². The Morgan fingerprint density at radius 1 is 1.22 bits per heavy atom. The maximum Gasteiger partial charge on any atom is 0.305 e. The quantitative estimate of drug-likeness (QED) is 0.595. The Balaban J connectivity index is 1.89. The van der Waals surface area contributed by atoms with Gasteiger partial charge in [0.05, 0.1) is 24.2 Å². The number of fused-ring (bicyclic) bond motifs is 3. The first kappa shape index (κ1) is 17.6. The summed E-state index contributed by atoms with van der Waals surface area (Å²) in [5.41, 5.74) is 3.51. The number of hydrogen-bond acceptors (Lipinski definition) is 5. The van der Waals surface area contributed by atoms with E-state index in [0.29, 0.717) is 6.42 Å². The van der Waals surface area contributed by atoms with Gasteiger partial charge in [0.25, 0.3) is 0 Å². The van der Waals surface area contributed by atoms with E-state index in [1.165, 1.54) is 7.11 Å². The molecule has 2 aromatic heterocycles. The maximum absolute atomic E-state index is 11.7. The van der Waals surface area contributed by atoms with Gasteiger partial charge in [-0.15, -0.1) is 0 Å². The molecule has 7 heteroatoms. The number of esters is 1. The zero-order chi connectivity index (χ0) is 18.8. The monoisotopic (exact) mass is 424 g/mol. The van der Waals surface area contributed by atoms with Gasteiger partial charge in [-0.2, -0.15) is 0 Å². The summed E-state index contributed by atoms with van der Waals surface area (Å²) in [6, 6.07) is 11.5. The number of aliphatic imine (C=N–C) groups is 1. The molecule has 1 aromatic carbocycles. The molecule has 0 N–H and O–H groups in total. The van der Waals surface area contributed by atoms with Crippen LogP contribution in [0.4, 0.5) is 0 Å². The molecule has 0 spiro atoms. The number of methoxy groups -OCH3 is 1. The van der Waals surface area contributed by atoms with Crippen molar-refractivity contribution in [1.82, 2.24) is 14.5 Å². The Hall–Kier alpha value is -2.80. The van der Waals surface area contributed by atoms with Gasteiger partial charge in [-0.05, 0) is 36.8 Å². The minimum atomic E-state index is -0.276. The van der Waals surface area contributed by atoms with Crippen molar-refractivity contribution in [2.75, 3.05) is 7.11 Å². The van der Waals surface area contributed by atoms with E-state index < -0.39 is 0 Å². The van der Waals surface area contributed by atoms with Gasteiger partial charge >= 0.3 is 5.97 Å². The number of pyridine rings is 1. The number of carbonyl (C=O) groups is 1. The molecular weight excluding hydrogens is 408 g/mol. The molecule has 3 heterocycles. The van der Waals surface area contributed by atoms with Crippen molar-refractivity contribution in [3.8, 4) is 5.69 Å². The van der Waals surface area contributed by atoms with Crippen LogP contribution in [-0.4, -0.2) is 33.3 Å². The molecule has 1 aliphatic heterocycles. The van der Waals surface area contributed by atoms with Gasteiger partial charge < -0.3 is 9.30 Å². The van der Waals surface area contributed by atoms with Crippen LogP contribution in [0.15, 0.2) is 64.5 Å². The minimum Gasteiger partial charge on any atom is -0.469 e. The fraction of sp³-hybridized carbons (Fsp3) is 0.200. The van der Waals surface area contributed by atoms with E-state index in [2.05, 4.69) is 25.9 Å². The minimum absolute atomic E-state index is 0.257. The van der Waals surface area contributed by atoms with Gasteiger partial charge in [-0.25, -0.2) is 4.98 Å². The van der Waals surface area contributed by atoms with Crippen LogP contribution in [0.2, 0.25) is 0 Å². The Morgan fingerprint density at radius 2 is 2.11 bits per heavy atom. The van der Waals surface area contributed by atoms with Crippen LogP contribution in [0, 0.1) is 0 Å². The lowest BCUT2D eigenvalue weighted by molar-refractivity contribution is -0.140. The molecule has 27 heavy (non-hydrogen) atoms. The first-order chi connectivity index (χ1) is 13.2. The maximum atomic E-state index is 11.7. The third-order valence-corrected chi connectivity index (χ3v) is 4.98. The molecule has 3 aromatic rings. The van der Waals surface area contributed by atoms with Crippen molar-refractivity contribution in [2.24, 2.45) is 4.99 Å². The summed E-state index contributed by atoms with van der Waals surface area (Å²) in [7, 11) is 1.40. The molecule has 1 aliphatic rings. The van der Waals surface area contributed by atoms with Crippen LogP contribution in [0.25, 0.3) is 5.69 Å². The molecule has 0 bridgehead atoms. The summed E-state index contributed by atoms with van der Waals surface area (Å²) >= 11 is 3.56. The summed E-state index contributed by atoms with van der Waals surface area (Å²) in [5.74, 6) is 0.542. The number of carbonyl (C=O) groups excluding carboxylic acids is 1. The predicted molar refractivity (Wildman–Crippen MR) is 105 cm³/mol. The van der Waals surface area contributed by atoms with Crippen LogP contribution in [0.1, 0.15) is 36.0 Å². The number of ether oxygens (including phenoxy) is 1. The van der Waals surface area contributed by atoms with Crippen LogP contribution >= 0.6 is 15.9 Å². The normalized spacial score (nSPS) is 15.3. The van der Waals surface area contributed by atoms with Crippen molar-refractivity contribution in [3.63, 3.8) is 0 Å². The molecule has 0 saturated carbocycles. The lowest BCUT2D eigenvalue weighted by atomic mass is 10.0. The molecule has 1 unspecified atom stereocenters. The van der Waals surface area contributed by atoms with Crippen molar-refractivity contribution in [2.45, 2.75) is 18.9 Å². The molecule has 0 fully saturated rings. The van der Waals surface area contributed by atoms with E-state index in [0.717, 1.165) is 33.0 Å². The molecule has 0 saturated heterocycles. The van der Waals surface area contributed by atoms with Gasteiger partial charge in [0.2, 0.25) is 0 Å². The average Bonchev–Trinajstić information content (AvgIpc) is 3.13. The number of nitrogens with zero attached hydrogens (tertiary/aromatic N) is 4. The number of benzene rings is 1. The summed E-state index contributed by atoms with van der Waals surface area (Å²) in [5, 5.41) is 0. The number of aromatic nitrogens is 3. The largest absolute Gasteiger partial charge is 0.469 e. The third kappa shape index (κ3) is 3.42. The standard InChI is InChI=1S/C20H17BrN4O2/c1-27-18(26)8-6-16-20-23-10-11-25(20)17-7-5-13(21)12-14(17)19(24-16)15-4-2-3-9-22-15/h2-5,7,9-12,16H,6,8H2,1H3. The first-order valence-corrected chi connectivity index (χ1v) is 9.36. The number of imidazole rings is 1. The lowest BCUT2D eigenvalue weighted by Gasteiger charge is -2.12. The molecule has 0 amide bonds. The first-order valence-electron chi connectivity index (χ1n) is 8.57. The molecule has 6 nitrogen and oxygen atoms in total. The fourth-order valence-electron chi connectivity index (χ4n) is 3.21. The second-order valence-electron chi connectivity index (χ2n) is 6.14. The third-order valence-electron chi connectivity index (χ3n) is 4.48. The molecule has 0 radical (unpaired) electrons. The van der Waals surface area contributed by atoms with Gasteiger partial charge in [0.15, 0.2) is 0 Å². The van der Waals surface area contributed by atoms with Crippen molar-refractivity contribution in [3.05, 3.63) is 76.5 Å². The van der Waals surface area contributed by atoms with E-state index in [1.54, 1.807) is 12.4 Å². The van der Waals surface area contributed by atoms with Crippen LogP contribution in [0.3, 0.4) is 0 Å². The Labute approximate surface area is 165 Å². The summed E-state index contributed by atoms with van der Waals surface area (Å²) in [6.07, 6.45) is 6.21. The fourth-order valence-corrected chi connectivity index (χ4v) is 3.57. The van der Waals surface area contributed by atoms with Gasteiger partial charge in [-0.1, -0.05) is 22.0 Å². The zero-order valence-corrected chi connectivity index (χ0v) is 16.3. The summed E-state index contributed by atoms with van der Waals surface area (Å²) < 4.78 is 7.79. The summed E-state index contributed by atoms with van der Waals surface area (Å²) in [4.78, 5) is 25.7. The van der Waals surface area contributed by atoms with E-state index in [9.17, 15) is 4.79 Å². The zero-order valence-electron chi connectivity index (χ0n) is 14.7. The molecule has 0 aliphatic carbocycles. The highest BCUT2D eigenvalue weighted by atomic mass is 79.9. The molecule has 136 valence electrons. The van der Waals surface area contributed by atoms with Gasteiger partial charge in [0.1, 0.15) is 11.9 Å². The van der Waals surface area contributed by atoms with E-state index in [4.69, 9.17) is 9.73 Å². The predicted octanol–water partition coefficient (Wildman–Crippen LogP) is 3.88. The van der Waals surface area contributed by atoms with Gasteiger partial charge in [0, 0.05) is 35.0 Å². The van der Waals surface area contributed by atoms with E-state index >= 15 is 0 Å². The number of rotatable bonds is 4. The van der Waals surface area contributed by atoms with E-state index in [1.807, 2.05) is 47.2 Å². The summed E-state index contributed by atoms with van der Waals surface area (Å²) in [6.45, 7) is 0.